The van der Waals surface area contributed by atoms with Crippen LogP contribution in [-0.2, 0) is 4.43 Å². The number of benzene rings is 1. The second-order valence-corrected chi connectivity index (χ2v) is 18.1. The molecule has 170 valence electrons. The lowest BCUT2D eigenvalue weighted by molar-refractivity contribution is 0.104. The van der Waals surface area contributed by atoms with E-state index in [1.807, 2.05) is 5.57 Å². The molecule has 0 bridgehead atoms. The summed E-state index contributed by atoms with van der Waals surface area (Å²) >= 11 is 0. The summed E-state index contributed by atoms with van der Waals surface area (Å²) in [6, 6.07) is 12.5. The lowest BCUT2D eigenvalue weighted by Gasteiger charge is -2.41. The fourth-order valence-electron chi connectivity index (χ4n) is 6.04. The van der Waals surface area contributed by atoms with E-state index in [1.54, 1.807) is 0 Å². The molecule has 1 aromatic carbocycles. The smallest absolute Gasteiger partial charge is 0.192 e. The van der Waals surface area contributed by atoms with E-state index in [-0.39, 0.29) is 5.04 Å². The van der Waals surface area contributed by atoms with Crippen molar-refractivity contribution in [1.29, 1.82) is 0 Å². The van der Waals surface area contributed by atoms with Gasteiger partial charge in [-0.05, 0) is 73.9 Å². The molecule has 3 aliphatic carbocycles. The highest BCUT2D eigenvalue weighted by Crippen LogP contribution is 2.54. The summed E-state index contributed by atoms with van der Waals surface area (Å²) in [5.41, 5.74) is 1.83. The van der Waals surface area contributed by atoms with Gasteiger partial charge in [-0.2, -0.15) is 0 Å². The Morgan fingerprint density at radius 3 is 2.42 bits per heavy atom. The monoisotopic (exact) mass is 452 g/mol. The summed E-state index contributed by atoms with van der Waals surface area (Å²) in [5.74, 6) is 3.18. The van der Waals surface area contributed by atoms with E-state index in [4.69, 9.17) is 4.43 Å². The SMILES string of the molecule is CC(C)(C)[Si](C)(C)O[C@@H]1[C@@H](C[Si]c2ccccc2)C[C@@H]2/C(=C/C3CCCCC3)CC[C@@H]12. The molecular formula is C28H44OSi2. The summed E-state index contributed by atoms with van der Waals surface area (Å²) in [5, 5.41) is 1.81. The summed E-state index contributed by atoms with van der Waals surface area (Å²) in [6.07, 6.45) is 14.5. The van der Waals surface area contributed by atoms with Crippen LogP contribution in [-0.4, -0.2) is 23.9 Å². The van der Waals surface area contributed by atoms with Crippen molar-refractivity contribution in [3.63, 3.8) is 0 Å². The van der Waals surface area contributed by atoms with Crippen LogP contribution < -0.4 is 5.19 Å². The van der Waals surface area contributed by atoms with Crippen LogP contribution in [0.5, 0.6) is 0 Å². The first kappa shape index (κ1) is 23.5. The molecule has 1 aromatic rings. The zero-order chi connectivity index (χ0) is 22.1. The third-order valence-electron chi connectivity index (χ3n) is 8.88. The molecule has 0 aromatic heterocycles. The largest absolute Gasteiger partial charge is 0.413 e. The molecule has 1 nitrogen and oxygen atoms in total. The average Bonchev–Trinajstić information content (AvgIpc) is 3.27. The predicted octanol–water partition coefficient (Wildman–Crippen LogP) is 7.38. The zero-order valence-electron chi connectivity index (χ0n) is 20.6. The Hall–Kier alpha value is -0.646. The summed E-state index contributed by atoms with van der Waals surface area (Å²) in [7, 11) is -0.845. The van der Waals surface area contributed by atoms with Gasteiger partial charge in [0, 0.05) is 0 Å². The fraction of sp³-hybridized carbons (Fsp3) is 0.714. The molecule has 0 amide bonds. The minimum absolute atomic E-state index is 0.288. The van der Waals surface area contributed by atoms with Crippen molar-refractivity contribution < 1.29 is 4.43 Å². The highest BCUT2D eigenvalue weighted by atomic mass is 28.4. The summed E-state index contributed by atoms with van der Waals surface area (Å²) in [4.78, 5) is 0. The summed E-state index contributed by atoms with van der Waals surface area (Å²) in [6.45, 7) is 12.1. The van der Waals surface area contributed by atoms with Gasteiger partial charge in [0.25, 0.3) is 0 Å². The van der Waals surface area contributed by atoms with E-state index in [0.717, 1.165) is 33.2 Å². The first-order valence-corrected chi connectivity index (χ1v) is 17.0. The molecule has 4 rings (SSSR count). The first-order chi connectivity index (χ1) is 14.7. The molecule has 0 N–H and O–H groups in total. The van der Waals surface area contributed by atoms with Gasteiger partial charge in [0.15, 0.2) is 8.32 Å². The number of fused-ring (bicyclic) bond motifs is 1. The van der Waals surface area contributed by atoms with Gasteiger partial charge in [0.2, 0.25) is 0 Å². The van der Waals surface area contributed by atoms with Crippen LogP contribution in [0.3, 0.4) is 0 Å². The van der Waals surface area contributed by atoms with Crippen LogP contribution in [0, 0.1) is 23.7 Å². The Morgan fingerprint density at radius 2 is 1.74 bits per heavy atom. The first-order valence-electron chi connectivity index (χ1n) is 12.9. The van der Waals surface area contributed by atoms with Gasteiger partial charge >= 0.3 is 0 Å². The van der Waals surface area contributed by atoms with Gasteiger partial charge in [0.05, 0.1) is 15.6 Å². The second kappa shape index (κ2) is 9.69. The Bertz CT molecular complexity index is 742. The summed E-state index contributed by atoms with van der Waals surface area (Å²) < 4.78 is 7.23. The lowest BCUT2D eigenvalue weighted by Crippen LogP contribution is -2.46. The maximum absolute atomic E-state index is 7.23. The van der Waals surface area contributed by atoms with Crippen LogP contribution >= 0.6 is 0 Å². The van der Waals surface area contributed by atoms with Crippen molar-refractivity contribution >= 4 is 23.0 Å². The van der Waals surface area contributed by atoms with Gasteiger partial charge in [-0.25, -0.2) is 0 Å². The average molecular weight is 453 g/mol. The minimum atomic E-state index is -1.76. The molecule has 3 fully saturated rings. The van der Waals surface area contributed by atoms with E-state index >= 15 is 0 Å². The molecule has 3 heteroatoms. The molecule has 3 aliphatic rings. The maximum atomic E-state index is 7.23. The predicted molar refractivity (Wildman–Crippen MR) is 138 cm³/mol. The third-order valence-corrected chi connectivity index (χ3v) is 14.8. The Kier molecular flexibility index (Phi) is 7.35. The molecule has 4 atom stereocenters. The Balaban J connectivity index is 1.51. The van der Waals surface area contributed by atoms with E-state index in [2.05, 4.69) is 70.3 Å². The molecule has 31 heavy (non-hydrogen) atoms. The van der Waals surface area contributed by atoms with Gasteiger partial charge in [-0.1, -0.05) is 93.2 Å². The molecule has 0 spiro atoms. The fourth-order valence-corrected chi connectivity index (χ4v) is 8.77. The van der Waals surface area contributed by atoms with Crippen molar-refractivity contribution in [2.24, 2.45) is 23.7 Å². The Morgan fingerprint density at radius 1 is 1.03 bits per heavy atom. The molecule has 0 heterocycles. The Labute approximate surface area is 195 Å². The third kappa shape index (κ3) is 5.47. The molecule has 0 aliphatic heterocycles. The lowest BCUT2D eigenvalue weighted by atomic mass is 9.85. The van der Waals surface area contributed by atoms with Gasteiger partial charge in [-0.15, -0.1) is 0 Å². The van der Waals surface area contributed by atoms with Crippen LogP contribution in [0.1, 0.15) is 72.1 Å². The van der Waals surface area contributed by atoms with Gasteiger partial charge < -0.3 is 4.43 Å². The molecule has 0 unspecified atom stereocenters. The van der Waals surface area contributed by atoms with Crippen molar-refractivity contribution in [2.75, 3.05) is 0 Å². The van der Waals surface area contributed by atoms with Crippen LogP contribution in [0.4, 0.5) is 0 Å². The number of rotatable bonds is 6. The zero-order valence-corrected chi connectivity index (χ0v) is 22.6. The van der Waals surface area contributed by atoms with Crippen molar-refractivity contribution in [3.8, 4) is 0 Å². The topological polar surface area (TPSA) is 9.23 Å². The van der Waals surface area contributed by atoms with Crippen LogP contribution in [0.2, 0.25) is 24.2 Å². The molecular weight excluding hydrogens is 408 g/mol. The quantitative estimate of drug-likeness (QED) is 0.323. The normalized spacial score (nSPS) is 31.3. The second-order valence-electron chi connectivity index (χ2n) is 12.0. The van der Waals surface area contributed by atoms with E-state index in [0.29, 0.717) is 6.10 Å². The molecule has 3 saturated carbocycles. The van der Waals surface area contributed by atoms with E-state index in [9.17, 15) is 0 Å². The molecule has 2 radical (unpaired) electrons. The standard InChI is InChI=1S/C28H44OSi2/c1-28(2,3)31(4,5)29-27-23(20-30-24-14-10-7-11-15-24)19-26-22(16-17-25(26)27)18-21-12-8-6-9-13-21/h7,10-11,14-15,18,21,23,25-27H,6,8-9,12-13,16-17,19-20H2,1-5H3/b22-18+/t23-,25-,26-,27-/m1/s1. The minimum Gasteiger partial charge on any atom is -0.413 e. The number of allylic oxidation sites excluding steroid dienone is 2. The van der Waals surface area contributed by atoms with E-state index in [1.165, 1.54) is 62.6 Å². The van der Waals surface area contributed by atoms with E-state index < -0.39 is 8.32 Å². The van der Waals surface area contributed by atoms with Crippen LogP contribution in [0.25, 0.3) is 0 Å². The highest BCUT2D eigenvalue weighted by Gasteiger charge is 2.51. The number of hydrogen-bond acceptors (Lipinski definition) is 1. The highest BCUT2D eigenvalue weighted by molar-refractivity contribution is 6.74. The maximum Gasteiger partial charge on any atom is 0.192 e. The van der Waals surface area contributed by atoms with Crippen molar-refractivity contribution in [1.82, 2.24) is 0 Å². The molecule has 0 saturated heterocycles. The van der Waals surface area contributed by atoms with Crippen molar-refractivity contribution in [3.05, 3.63) is 42.0 Å². The number of hydrogen-bond donors (Lipinski definition) is 0. The van der Waals surface area contributed by atoms with Gasteiger partial charge in [0.1, 0.15) is 0 Å². The van der Waals surface area contributed by atoms with Crippen LogP contribution in [0.15, 0.2) is 42.0 Å². The van der Waals surface area contributed by atoms with Gasteiger partial charge in [-0.3, -0.25) is 0 Å². The van der Waals surface area contributed by atoms with Crippen molar-refractivity contribution in [2.45, 2.75) is 102 Å².